The van der Waals surface area contributed by atoms with Gasteiger partial charge in [0.25, 0.3) is 5.91 Å². The molecule has 0 saturated carbocycles. The van der Waals surface area contributed by atoms with Gasteiger partial charge in [0, 0.05) is 49.9 Å². The van der Waals surface area contributed by atoms with Crippen molar-refractivity contribution >= 4 is 23.8 Å². The molecule has 0 bridgehead atoms. The van der Waals surface area contributed by atoms with Crippen molar-refractivity contribution in [1.82, 2.24) is 15.5 Å². The fourth-order valence-corrected chi connectivity index (χ4v) is 3.79. The fourth-order valence-electron chi connectivity index (χ4n) is 3.79. The molecule has 0 saturated heterocycles. The van der Waals surface area contributed by atoms with Crippen molar-refractivity contribution in [3.05, 3.63) is 29.3 Å². The predicted octanol–water partition coefficient (Wildman–Crippen LogP) is 0.434. The highest BCUT2D eigenvalue weighted by Gasteiger charge is 2.36. The van der Waals surface area contributed by atoms with Gasteiger partial charge >= 0.3 is 0 Å². The molecule has 1 aromatic rings. The van der Waals surface area contributed by atoms with Gasteiger partial charge in [-0.25, -0.2) is 0 Å². The third kappa shape index (κ3) is 9.82. The normalized spacial score (nSPS) is 13.5. The summed E-state index contributed by atoms with van der Waals surface area (Å²) in [7, 11) is 3.41. The van der Waals surface area contributed by atoms with E-state index in [0.29, 0.717) is 77.9 Å². The molecule has 0 fully saturated rings. The number of fused-ring (bicyclic) bond motifs is 1. The summed E-state index contributed by atoms with van der Waals surface area (Å²) in [6, 6.07) is 4.80. The SMILES string of the molecule is CNCCOCCOCCOCCOCCNc1cccc2c1CN(C(CCC=O)C(=O)NC)C2=O. The van der Waals surface area contributed by atoms with E-state index >= 15 is 0 Å². The number of aldehydes is 1. The molecule has 1 atom stereocenters. The third-order valence-electron chi connectivity index (χ3n) is 5.65. The highest BCUT2D eigenvalue weighted by atomic mass is 16.6. The molecule has 11 heteroatoms. The summed E-state index contributed by atoms with van der Waals surface area (Å²) in [5.41, 5.74) is 2.25. The molecule has 2 amide bonds. The van der Waals surface area contributed by atoms with Crippen LogP contribution in [0.4, 0.5) is 5.69 Å². The maximum atomic E-state index is 13.0. The van der Waals surface area contributed by atoms with Crippen LogP contribution in [0.5, 0.6) is 0 Å². The first-order valence-corrected chi connectivity index (χ1v) is 12.4. The Labute approximate surface area is 213 Å². The van der Waals surface area contributed by atoms with Crippen molar-refractivity contribution in [1.29, 1.82) is 0 Å². The lowest BCUT2D eigenvalue weighted by molar-refractivity contribution is -0.125. The molecule has 0 aromatic heterocycles. The van der Waals surface area contributed by atoms with E-state index in [-0.39, 0.29) is 18.2 Å². The van der Waals surface area contributed by atoms with E-state index in [2.05, 4.69) is 16.0 Å². The largest absolute Gasteiger partial charge is 0.382 e. The molecule has 0 aliphatic carbocycles. The summed E-state index contributed by atoms with van der Waals surface area (Å²) in [6.07, 6.45) is 1.27. The van der Waals surface area contributed by atoms with Crippen LogP contribution in [0.2, 0.25) is 0 Å². The van der Waals surface area contributed by atoms with Gasteiger partial charge in [-0.3, -0.25) is 9.59 Å². The smallest absolute Gasteiger partial charge is 0.255 e. The molecule has 1 unspecified atom stereocenters. The Morgan fingerprint density at radius 1 is 0.972 bits per heavy atom. The van der Waals surface area contributed by atoms with E-state index in [1.807, 2.05) is 19.2 Å². The molecule has 0 radical (unpaired) electrons. The van der Waals surface area contributed by atoms with Gasteiger partial charge in [-0.05, 0) is 25.6 Å². The Hall–Kier alpha value is -2.57. The molecule has 3 N–H and O–H groups in total. The third-order valence-corrected chi connectivity index (χ3v) is 5.65. The lowest BCUT2D eigenvalue weighted by Gasteiger charge is -2.25. The minimum Gasteiger partial charge on any atom is -0.382 e. The van der Waals surface area contributed by atoms with Crippen molar-refractivity contribution in [3.8, 4) is 0 Å². The van der Waals surface area contributed by atoms with Gasteiger partial charge < -0.3 is 44.6 Å². The van der Waals surface area contributed by atoms with Crippen LogP contribution in [0.15, 0.2) is 18.2 Å². The van der Waals surface area contributed by atoms with Gasteiger partial charge in [-0.15, -0.1) is 0 Å². The standard InChI is InChI=1S/C25H40N4O7/c1-26-8-11-33-13-15-35-17-18-36-16-14-34-12-9-28-22-6-3-5-20-21(22)19-29(25(20)32)23(7-4-10-30)24(31)27-2/h3,5-6,10,23,26,28H,4,7-9,11-19H2,1-2H3,(H,27,31). The highest BCUT2D eigenvalue weighted by Crippen LogP contribution is 2.31. The van der Waals surface area contributed by atoms with Crippen LogP contribution in [0.3, 0.4) is 0 Å². The molecule has 1 heterocycles. The molecule has 11 nitrogen and oxygen atoms in total. The Morgan fingerprint density at radius 2 is 1.58 bits per heavy atom. The number of anilines is 1. The summed E-state index contributed by atoms with van der Waals surface area (Å²) >= 11 is 0. The second-order valence-electron chi connectivity index (χ2n) is 8.12. The van der Waals surface area contributed by atoms with Crippen LogP contribution in [-0.2, 0) is 35.1 Å². The van der Waals surface area contributed by atoms with Crippen molar-refractivity contribution in [2.24, 2.45) is 0 Å². The van der Waals surface area contributed by atoms with E-state index in [1.165, 1.54) is 11.9 Å². The average Bonchev–Trinajstić information content (AvgIpc) is 3.23. The van der Waals surface area contributed by atoms with Crippen molar-refractivity contribution in [2.75, 3.05) is 85.4 Å². The van der Waals surface area contributed by atoms with Crippen LogP contribution >= 0.6 is 0 Å². The Bertz CT molecular complexity index is 809. The predicted molar refractivity (Wildman–Crippen MR) is 135 cm³/mol. The highest BCUT2D eigenvalue weighted by molar-refractivity contribution is 6.02. The van der Waals surface area contributed by atoms with Gasteiger partial charge in [-0.2, -0.15) is 0 Å². The van der Waals surface area contributed by atoms with Gasteiger partial charge in [0.05, 0.1) is 52.9 Å². The first-order valence-electron chi connectivity index (χ1n) is 12.4. The number of amides is 2. The molecular weight excluding hydrogens is 468 g/mol. The Balaban J connectivity index is 1.64. The van der Waals surface area contributed by atoms with Crippen LogP contribution in [0.25, 0.3) is 0 Å². The van der Waals surface area contributed by atoms with Crippen LogP contribution < -0.4 is 16.0 Å². The number of carbonyl (C=O) groups excluding carboxylic acids is 3. The number of hydrogen-bond donors (Lipinski definition) is 3. The lowest BCUT2D eigenvalue weighted by atomic mass is 10.1. The molecule has 0 spiro atoms. The first-order chi connectivity index (χ1) is 17.6. The zero-order valence-corrected chi connectivity index (χ0v) is 21.4. The van der Waals surface area contributed by atoms with E-state index in [4.69, 9.17) is 18.9 Å². The lowest BCUT2D eigenvalue weighted by Crippen LogP contribution is -2.46. The number of hydrogen-bond acceptors (Lipinski definition) is 9. The number of rotatable bonds is 21. The summed E-state index contributed by atoms with van der Waals surface area (Å²) < 4.78 is 21.9. The number of carbonyl (C=O) groups is 3. The summed E-state index contributed by atoms with van der Waals surface area (Å²) in [4.78, 5) is 37.7. The molecular formula is C25H40N4O7. The van der Waals surface area contributed by atoms with Crippen LogP contribution in [0, 0.1) is 0 Å². The molecule has 1 aliphatic rings. The maximum absolute atomic E-state index is 13.0. The van der Waals surface area contributed by atoms with Crippen LogP contribution in [-0.4, -0.2) is 109 Å². The second kappa shape index (κ2) is 17.8. The van der Waals surface area contributed by atoms with Gasteiger partial charge in [0.15, 0.2) is 0 Å². The monoisotopic (exact) mass is 508 g/mol. The van der Waals surface area contributed by atoms with Gasteiger partial charge in [-0.1, -0.05) is 6.07 Å². The zero-order valence-electron chi connectivity index (χ0n) is 21.4. The van der Waals surface area contributed by atoms with E-state index in [9.17, 15) is 14.4 Å². The molecule has 1 aromatic carbocycles. The summed E-state index contributed by atoms with van der Waals surface area (Å²) in [5.74, 6) is -0.476. The van der Waals surface area contributed by atoms with Gasteiger partial charge in [0.2, 0.25) is 5.91 Å². The number of nitrogens with zero attached hydrogens (tertiary/aromatic N) is 1. The Kier molecular flexibility index (Phi) is 14.7. The number of benzene rings is 1. The fraction of sp³-hybridized carbons (Fsp3) is 0.640. The molecule has 36 heavy (non-hydrogen) atoms. The van der Waals surface area contributed by atoms with Crippen molar-refractivity contribution in [2.45, 2.75) is 25.4 Å². The molecule has 2 rings (SSSR count). The van der Waals surface area contributed by atoms with Gasteiger partial charge in [0.1, 0.15) is 12.3 Å². The molecule has 1 aliphatic heterocycles. The summed E-state index contributed by atoms with van der Waals surface area (Å²) in [6.45, 7) is 5.94. The van der Waals surface area contributed by atoms with Crippen LogP contribution in [0.1, 0.15) is 28.8 Å². The minimum atomic E-state index is -0.682. The first kappa shape index (κ1) is 29.7. The number of ether oxygens (including phenoxy) is 4. The van der Waals surface area contributed by atoms with Crippen molar-refractivity contribution < 1.29 is 33.3 Å². The topological polar surface area (TPSA) is 127 Å². The second-order valence-corrected chi connectivity index (χ2v) is 8.12. The number of nitrogens with one attached hydrogen (secondary N) is 3. The zero-order chi connectivity index (χ0) is 26.0. The van der Waals surface area contributed by atoms with E-state index < -0.39 is 6.04 Å². The van der Waals surface area contributed by atoms with E-state index in [0.717, 1.165) is 24.1 Å². The van der Waals surface area contributed by atoms with E-state index in [1.54, 1.807) is 6.07 Å². The average molecular weight is 509 g/mol. The Morgan fingerprint density at radius 3 is 2.17 bits per heavy atom. The minimum absolute atomic E-state index is 0.202. The summed E-state index contributed by atoms with van der Waals surface area (Å²) in [5, 5.41) is 8.92. The quantitative estimate of drug-likeness (QED) is 0.160. The molecule has 202 valence electrons. The van der Waals surface area contributed by atoms with Crippen molar-refractivity contribution in [3.63, 3.8) is 0 Å². The maximum Gasteiger partial charge on any atom is 0.255 e. The number of likely N-dealkylation sites (N-methyl/N-ethyl adjacent to an activating group) is 2.